The summed E-state index contributed by atoms with van der Waals surface area (Å²) in [6, 6.07) is 14.8. The Morgan fingerprint density at radius 1 is 0.964 bits per heavy atom. The number of aromatic hydroxyl groups is 1. The second-order valence-corrected chi connectivity index (χ2v) is 6.79. The molecule has 2 aromatic carbocycles. The summed E-state index contributed by atoms with van der Waals surface area (Å²) in [5.74, 6) is -0.288. The van der Waals surface area contributed by atoms with Crippen LogP contribution in [0, 0.1) is 18.6 Å². The van der Waals surface area contributed by atoms with Crippen LogP contribution in [-0.2, 0) is 0 Å². The average molecular weight is 395 g/mol. The summed E-state index contributed by atoms with van der Waals surface area (Å²) in [7, 11) is 0. The van der Waals surface area contributed by atoms with Crippen molar-refractivity contribution in [3.05, 3.63) is 80.3 Å². The minimum absolute atomic E-state index is 0.00296. The Kier molecular flexibility index (Phi) is 5.87. The summed E-state index contributed by atoms with van der Waals surface area (Å²) in [6.07, 6.45) is 1.28. The van der Waals surface area contributed by atoms with E-state index in [0.717, 1.165) is 11.1 Å². The standard InChI is InChI=1S/C21H21N3O3S/c1-14-3-7-16(8-4-14)23-19(26)18(13-22-11-12-25)20(27)24(21(23)28)17-9-5-15(2)6-10-17/h3-10,13,25-26H,11-12H2,1-2H3. The Morgan fingerprint density at radius 2 is 1.46 bits per heavy atom. The lowest BCUT2D eigenvalue weighted by Gasteiger charge is -2.16. The van der Waals surface area contributed by atoms with Gasteiger partial charge in [0.2, 0.25) is 5.88 Å². The van der Waals surface area contributed by atoms with Gasteiger partial charge >= 0.3 is 0 Å². The molecule has 0 spiro atoms. The Hall–Kier alpha value is -3.03. The predicted octanol–water partition coefficient (Wildman–Crippen LogP) is 3.09. The van der Waals surface area contributed by atoms with Gasteiger partial charge in [-0.3, -0.25) is 18.9 Å². The SMILES string of the molecule is Cc1ccc(-n2c(O)c(C=NCCO)c(=O)n(-c3ccc(C)cc3)c2=S)cc1. The van der Waals surface area contributed by atoms with Crippen LogP contribution in [0.25, 0.3) is 11.4 Å². The van der Waals surface area contributed by atoms with E-state index >= 15 is 0 Å². The van der Waals surface area contributed by atoms with Crippen LogP contribution in [-0.4, -0.2) is 38.7 Å². The molecule has 0 unspecified atom stereocenters. The van der Waals surface area contributed by atoms with Crippen molar-refractivity contribution in [2.45, 2.75) is 13.8 Å². The van der Waals surface area contributed by atoms with E-state index in [9.17, 15) is 9.90 Å². The average Bonchev–Trinajstić information content (AvgIpc) is 2.67. The van der Waals surface area contributed by atoms with E-state index in [-0.39, 0.29) is 29.4 Å². The molecule has 1 aromatic heterocycles. The number of aliphatic hydroxyl groups excluding tert-OH is 1. The van der Waals surface area contributed by atoms with E-state index in [4.69, 9.17) is 17.3 Å². The van der Waals surface area contributed by atoms with Crippen molar-refractivity contribution in [3.63, 3.8) is 0 Å². The summed E-state index contributed by atoms with van der Waals surface area (Å²) in [6.45, 7) is 3.89. The molecule has 0 aliphatic carbocycles. The fourth-order valence-corrected chi connectivity index (χ4v) is 3.17. The number of aliphatic hydroxyl groups is 1. The molecule has 0 saturated heterocycles. The van der Waals surface area contributed by atoms with Crippen molar-refractivity contribution in [1.29, 1.82) is 0 Å². The minimum Gasteiger partial charge on any atom is -0.494 e. The van der Waals surface area contributed by atoms with E-state index in [1.165, 1.54) is 15.3 Å². The molecule has 2 N–H and O–H groups in total. The van der Waals surface area contributed by atoms with Crippen molar-refractivity contribution < 1.29 is 10.2 Å². The number of hydrogen-bond donors (Lipinski definition) is 2. The van der Waals surface area contributed by atoms with Crippen molar-refractivity contribution in [3.8, 4) is 17.3 Å². The van der Waals surface area contributed by atoms with Crippen LogP contribution in [0.2, 0.25) is 0 Å². The van der Waals surface area contributed by atoms with Gasteiger partial charge < -0.3 is 10.2 Å². The maximum absolute atomic E-state index is 13.1. The summed E-state index contributed by atoms with van der Waals surface area (Å²) in [5, 5.41) is 19.8. The molecule has 0 fully saturated rings. The lowest BCUT2D eigenvalue weighted by Crippen LogP contribution is -2.27. The maximum Gasteiger partial charge on any atom is 0.271 e. The summed E-state index contributed by atoms with van der Waals surface area (Å²) < 4.78 is 2.96. The topological polar surface area (TPSA) is 79.8 Å². The van der Waals surface area contributed by atoms with Crippen molar-refractivity contribution in [2.24, 2.45) is 4.99 Å². The van der Waals surface area contributed by atoms with Crippen molar-refractivity contribution in [2.75, 3.05) is 13.2 Å². The first-order chi connectivity index (χ1) is 13.4. The molecule has 0 aliphatic heterocycles. The molecule has 0 atom stereocenters. The third-order valence-corrected chi connectivity index (χ3v) is 4.67. The van der Waals surface area contributed by atoms with Gasteiger partial charge in [-0.15, -0.1) is 0 Å². The van der Waals surface area contributed by atoms with Crippen molar-refractivity contribution in [1.82, 2.24) is 9.13 Å². The normalized spacial score (nSPS) is 11.2. The van der Waals surface area contributed by atoms with Crippen LogP contribution < -0.4 is 5.56 Å². The highest BCUT2D eigenvalue weighted by molar-refractivity contribution is 7.71. The first kappa shape index (κ1) is 19.7. The zero-order chi connectivity index (χ0) is 20.3. The Labute approximate surface area is 167 Å². The number of aromatic nitrogens is 2. The Bertz CT molecular complexity index is 1130. The zero-order valence-corrected chi connectivity index (χ0v) is 16.5. The van der Waals surface area contributed by atoms with Gasteiger partial charge in [-0.2, -0.15) is 0 Å². The monoisotopic (exact) mass is 395 g/mol. The fourth-order valence-electron chi connectivity index (χ4n) is 2.79. The molecule has 0 amide bonds. The van der Waals surface area contributed by atoms with Gasteiger partial charge in [0, 0.05) is 6.21 Å². The number of nitrogens with zero attached hydrogens (tertiary/aromatic N) is 3. The molecule has 0 bridgehead atoms. The third kappa shape index (κ3) is 3.81. The first-order valence-corrected chi connectivity index (χ1v) is 9.20. The van der Waals surface area contributed by atoms with Gasteiger partial charge in [0.15, 0.2) is 4.77 Å². The van der Waals surface area contributed by atoms with Crippen LogP contribution in [0.15, 0.2) is 58.3 Å². The van der Waals surface area contributed by atoms with E-state index < -0.39 is 5.56 Å². The highest BCUT2D eigenvalue weighted by Crippen LogP contribution is 2.22. The molecule has 1 heterocycles. The van der Waals surface area contributed by atoms with Crippen LogP contribution in [0.5, 0.6) is 5.88 Å². The highest BCUT2D eigenvalue weighted by Gasteiger charge is 2.18. The van der Waals surface area contributed by atoms with Crippen LogP contribution in [0.3, 0.4) is 0 Å². The van der Waals surface area contributed by atoms with E-state index in [0.29, 0.717) is 11.4 Å². The fraction of sp³-hybridized carbons (Fsp3) is 0.190. The second-order valence-electron chi connectivity index (χ2n) is 6.43. The molecule has 144 valence electrons. The Balaban J connectivity index is 2.35. The summed E-state index contributed by atoms with van der Waals surface area (Å²) in [4.78, 5) is 17.1. The van der Waals surface area contributed by atoms with E-state index in [1.807, 2.05) is 50.2 Å². The van der Waals surface area contributed by atoms with E-state index in [1.54, 1.807) is 12.1 Å². The molecule has 3 aromatic rings. The molecule has 6 nitrogen and oxygen atoms in total. The molecule has 0 aliphatic rings. The summed E-state index contributed by atoms with van der Waals surface area (Å²) in [5.41, 5.74) is 2.87. The lowest BCUT2D eigenvalue weighted by atomic mass is 10.2. The quantitative estimate of drug-likeness (QED) is 0.514. The lowest BCUT2D eigenvalue weighted by molar-refractivity contribution is 0.307. The van der Waals surface area contributed by atoms with Gasteiger partial charge in [-0.1, -0.05) is 35.4 Å². The first-order valence-electron chi connectivity index (χ1n) is 8.80. The van der Waals surface area contributed by atoms with Gasteiger partial charge in [0.25, 0.3) is 5.56 Å². The molecular weight excluding hydrogens is 374 g/mol. The smallest absolute Gasteiger partial charge is 0.271 e. The number of aryl methyl sites for hydroxylation is 2. The molecular formula is C21H21N3O3S. The minimum atomic E-state index is -0.476. The van der Waals surface area contributed by atoms with E-state index in [2.05, 4.69) is 4.99 Å². The van der Waals surface area contributed by atoms with Crippen LogP contribution >= 0.6 is 12.2 Å². The zero-order valence-electron chi connectivity index (χ0n) is 15.7. The number of rotatable bonds is 5. The largest absolute Gasteiger partial charge is 0.494 e. The molecule has 7 heteroatoms. The molecule has 3 rings (SSSR count). The number of benzene rings is 2. The second kappa shape index (κ2) is 8.33. The highest BCUT2D eigenvalue weighted by atomic mass is 32.1. The predicted molar refractivity (Wildman–Crippen MR) is 113 cm³/mol. The number of hydrogen-bond acceptors (Lipinski definition) is 5. The Morgan fingerprint density at radius 3 is 1.96 bits per heavy atom. The maximum atomic E-state index is 13.1. The van der Waals surface area contributed by atoms with Crippen molar-refractivity contribution >= 4 is 18.4 Å². The van der Waals surface area contributed by atoms with Gasteiger partial charge in [-0.05, 0) is 50.3 Å². The van der Waals surface area contributed by atoms with Crippen LogP contribution in [0.4, 0.5) is 0 Å². The molecule has 0 saturated carbocycles. The van der Waals surface area contributed by atoms with Crippen LogP contribution in [0.1, 0.15) is 16.7 Å². The van der Waals surface area contributed by atoms with Gasteiger partial charge in [-0.25, -0.2) is 0 Å². The molecule has 28 heavy (non-hydrogen) atoms. The van der Waals surface area contributed by atoms with Gasteiger partial charge in [0.05, 0.1) is 24.5 Å². The molecule has 0 radical (unpaired) electrons. The number of aliphatic imine (C=N–C) groups is 1. The van der Waals surface area contributed by atoms with Gasteiger partial charge in [0.1, 0.15) is 5.56 Å². The third-order valence-electron chi connectivity index (χ3n) is 4.30. The summed E-state index contributed by atoms with van der Waals surface area (Å²) >= 11 is 5.57.